The Morgan fingerprint density at radius 2 is 2.18 bits per heavy atom. The van der Waals surface area contributed by atoms with Crippen molar-refractivity contribution >= 4 is 11.7 Å². The summed E-state index contributed by atoms with van der Waals surface area (Å²) in [6, 6.07) is 3.76. The number of anilines is 1. The molecule has 0 saturated heterocycles. The summed E-state index contributed by atoms with van der Waals surface area (Å²) in [5, 5.41) is 19.2. The van der Waals surface area contributed by atoms with Gasteiger partial charge in [0.15, 0.2) is 6.10 Å². The highest BCUT2D eigenvalue weighted by atomic mass is 19.1. The molecule has 0 aliphatic rings. The number of nitrogens with two attached hydrogens (primary N) is 1. The number of nitrogen functional groups attached to an aromatic ring is 1. The summed E-state index contributed by atoms with van der Waals surface area (Å²) in [4.78, 5) is 11.2. The van der Waals surface area contributed by atoms with Crippen molar-refractivity contribution in [1.82, 2.24) is 0 Å². The Balaban J connectivity index is 2.92. The van der Waals surface area contributed by atoms with Gasteiger partial charge in [-0.2, -0.15) is 0 Å². The number of rotatable bonds is 4. The van der Waals surface area contributed by atoms with Gasteiger partial charge in [-0.3, -0.25) is 0 Å². The fourth-order valence-electron chi connectivity index (χ4n) is 1.34. The normalized spacial score (nSPS) is 14.1. The number of esters is 1. The minimum atomic E-state index is -1.79. The second-order valence-corrected chi connectivity index (χ2v) is 3.38. The van der Waals surface area contributed by atoms with Gasteiger partial charge in [0.2, 0.25) is 0 Å². The highest BCUT2D eigenvalue weighted by molar-refractivity contribution is 5.75. The monoisotopic (exact) mass is 243 g/mol. The van der Waals surface area contributed by atoms with Crippen LogP contribution in [0, 0.1) is 5.82 Å². The lowest BCUT2D eigenvalue weighted by Gasteiger charge is -2.18. The Bertz CT molecular complexity index is 410. The number of benzene rings is 1. The molecule has 5 nitrogen and oxygen atoms in total. The van der Waals surface area contributed by atoms with E-state index >= 15 is 0 Å². The average molecular weight is 243 g/mol. The Hall–Kier alpha value is -1.66. The second-order valence-electron chi connectivity index (χ2n) is 3.38. The van der Waals surface area contributed by atoms with E-state index in [4.69, 9.17) is 5.73 Å². The molecule has 0 fully saturated rings. The Kier molecular flexibility index (Phi) is 4.42. The number of halogens is 1. The second kappa shape index (κ2) is 5.60. The van der Waals surface area contributed by atoms with Crippen molar-refractivity contribution in [3.8, 4) is 0 Å². The van der Waals surface area contributed by atoms with Crippen LogP contribution in [0.2, 0.25) is 0 Å². The SMILES string of the molecule is CCOC(=O)C(O)C(O)c1cccc(F)c1N. The number of aliphatic hydroxyl groups is 2. The number of carbonyl (C=O) groups excluding carboxylic acids is 1. The van der Waals surface area contributed by atoms with Gasteiger partial charge >= 0.3 is 5.97 Å². The predicted octanol–water partition coefficient (Wildman–Crippen LogP) is 0.365. The molecule has 0 aliphatic heterocycles. The van der Waals surface area contributed by atoms with E-state index in [1.165, 1.54) is 12.1 Å². The molecule has 1 rings (SSSR count). The van der Waals surface area contributed by atoms with Crippen LogP contribution < -0.4 is 5.73 Å². The molecule has 4 N–H and O–H groups in total. The van der Waals surface area contributed by atoms with Crippen molar-refractivity contribution in [2.75, 3.05) is 12.3 Å². The summed E-state index contributed by atoms with van der Waals surface area (Å²) in [6.07, 6.45) is -3.41. The molecular formula is C11H14FNO4. The molecule has 0 bridgehead atoms. The number of aliphatic hydroxyl groups excluding tert-OH is 2. The lowest BCUT2D eigenvalue weighted by molar-refractivity contribution is -0.159. The van der Waals surface area contributed by atoms with Crippen LogP contribution in [0.5, 0.6) is 0 Å². The topological polar surface area (TPSA) is 92.8 Å². The zero-order valence-corrected chi connectivity index (χ0v) is 9.26. The summed E-state index contributed by atoms with van der Waals surface area (Å²) in [5.74, 6) is -1.71. The molecule has 1 aromatic carbocycles. The van der Waals surface area contributed by atoms with E-state index in [1.54, 1.807) is 6.92 Å². The molecule has 0 heterocycles. The summed E-state index contributed by atoms with van der Waals surface area (Å²) < 4.78 is 17.7. The zero-order valence-electron chi connectivity index (χ0n) is 9.26. The number of carbonyl (C=O) groups is 1. The molecule has 2 atom stereocenters. The molecule has 2 unspecified atom stereocenters. The zero-order chi connectivity index (χ0) is 13.0. The van der Waals surface area contributed by atoms with Gasteiger partial charge in [-0.05, 0) is 13.0 Å². The maximum atomic E-state index is 13.1. The van der Waals surface area contributed by atoms with Gasteiger partial charge in [0, 0.05) is 5.56 Å². The molecule has 0 saturated carbocycles. The van der Waals surface area contributed by atoms with Crippen LogP contribution in [-0.4, -0.2) is 28.9 Å². The van der Waals surface area contributed by atoms with Crippen molar-refractivity contribution in [2.24, 2.45) is 0 Å². The largest absolute Gasteiger partial charge is 0.464 e. The molecule has 0 aliphatic carbocycles. The number of para-hydroxylation sites is 1. The van der Waals surface area contributed by atoms with Gasteiger partial charge in [-0.1, -0.05) is 12.1 Å². The first-order chi connectivity index (χ1) is 7.99. The van der Waals surface area contributed by atoms with Gasteiger partial charge < -0.3 is 20.7 Å². The van der Waals surface area contributed by atoms with Gasteiger partial charge in [0.25, 0.3) is 0 Å². The van der Waals surface area contributed by atoms with Crippen molar-refractivity contribution in [3.05, 3.63) is 29.6 Å². The minimum Gasteiger partial charge on any atom is -0.464 e. The van der Waals surface area contributed by atoms with Gasteiger partial charge in [0.05, 0.1) is 12.3 Å². The summed E-state index contributed by atoms with van der Waals surface area (Å²) in [5.41, 5.74) is 5.04. The average Bonchev–Trinajstić information content (AvgIpc) is 2.31. The highest BCUT2D eigenvalue weighted by Gasteiger charge is 2.28. The van der Waals surface area contributed by atoms with Gasteiger partial charge in [-0.25, -0.2) is 9.18 Å². The van der Waals surface area contributed by atoms with E-state index in [1.807, 2.05) is 0 Å². The van der Waals surface area contributed by atoms with Crippen LogP contribution >= 0.6 is 0 Å². The van der Waals surface area contributed by atoms with Crippen molar-refractivity contribution in [2.45, 2.75) is 19.1 Å². The Labute approximate surface area is 97.6 Å². The first-order valence-corrected chi connectivity index (χ1v) is 5.05. The van der Waals surface area contributed by atoms with Gasteiger partial charge in [-0.15, -0.1) is 0 Å². The van der Waals surface area contributed by atoms with E-state index in [0.29, 0.717) is 0 Å². The predicted molar refractivity (Wildman–Crippen MR) is 58.4 cm³/mol. The van der Waals surface area contributed by atoms with Crippen molar-refractivity contribution in [3.63, 3.8) is 0 Å². The molecule has 0 spiro atoms. The molecule has 0 radical (unpaired) electrons. The van der Waals surface area contributed by atoms with Crippen LogP contribution in [0.1, 0.15) is 18.6 Å². The highest BCUT2D eigenvalue weighted by Crippen LogP contribution is 2.25. The molecule has 0 aromatic heterocycles. The number of hydrogen-bond acceptors (Lipinski definition) is 5. The van der Waals surface area contributed by atoms with E-state index < -0.39 is 24.0 Å². The molecule has 6 heteroatoms. The van der Waals surface area contributed by atoms with Crippen molar-refractivity contribution < 1.29 is 24.1 Å². The molecular weight excluding hydrogens is 229 g/mol. The number of hydrogen-bond donors (Lipinski definition) is 3. The van der Waals surface area contributed by atoms with E-state index in [0.717, 1.165) is 6.07 Å². The van der Waals surface area contributed by atoms with Crippen LogP contribution in [-0.2, 0) is 9.53 Å². The fraction of sp³-hybridized carbons (Fsp3) is 0.364. The molecule has 1 aromatic rings. The van der Waals surface area contributed by atoms with Crippen LogP contribution in [0.25, 0.3) is 0 Å². The van der Waals surface area contributed by atoms with Gasteiger partial charge in [0.1, 0.15) is 11.9 Å². The standard InChI is InChI=1S/C11H14FNO4/c1-2-17-11(16)10(15)9(14)6-4-3-5-7(12)8(6)13/h3-5,9-10,14-15H,2,13H2,1H3. The molecule has 94 valence electrons. The molecule has 17 heavy (non-hydrogen) atoms. The summed E-state index contributed by atoms with van der Waals surface area (Å²) >= 11 is 0. The van der Waals surface area contributed by atoms with Crippen LogP contribution in [0.15, 0.2) is 18.2 Å². The third-order valence-electron chi connectivity index (χ3n) is 2.23. The van der Waals surface area contributed by atoms with Crippen LogP contribution in [0.4, 0.5) is 10.1 Å². The number of ether oxygens (including phenoxy) is 1. The lowest BCUT2D eigenvalue weighted by Crippen LogP contribution is -2.30. The summed E-state index contributed by atoms with van der Waals surface area (Å²) in [6.45, 7) is 1.63. The molecule has 0 amide bonds. The van der Waals surface area contributed by atoms with E-state index in [2.05, 4.69) is 4.74 Å². The third-order valence-corrected chi connectivity index (χ3v) is 2.23. The van der Waals surface area contributed by atoms with E-state index in [-0.39, 0.29) is 17.9 Å². The quantitative estimate of drug-likeness (QED) is 0.524. The Morgan fingerprint density at radius 3 is 2.76 bits per heavy atom. The maximum Gasteiger partial charge on any atom is 0.338 e. The lowest BCUT2D eigenvalue weighted by atomic mass is 10.0. The first-order valence-electron chi connectivity index (χ1n) is 5.05. The fourth-order valence-corrected chi connectivity index (χ4v) is 1.34. The van der Waals surface area contributed by atoms with Crippen molar-refractivity contribution in [1.29, 1.82) is 0 Å². The minimum absolute atomic E-state index is 0.0504. The third kappa shape index (κ3) is 2.92. The Morgan fingerprint density at radius 1 is 1.53 bits per heavy atom. The first kappa shape index (κ1) is 13.4. The maximum absolute atomic E-state index is 13.1. The smallest absolute Gasteiger partial charge is 0.338 e. The van der Waals surface area contributed by atoms with E-state index in [9.17, 15) is 19.4 Å². The van der Waals surface area contributed by atoms with Crippen LogP contribution in [0.3, 0.4) is 0 Å². The summed E-state index contributed by atoms with van der Waals surface area (Å²) in [7, 11) is 0.